The molecule has 3 atom stereocenters. The average molecular weight is 380 g/mol. The Balaban J connectivity index is 0.00000196. The van der Waals surface area contributed by atoms with Gasteiger partial charge in [0.25, 0.3) is 5.91 Å². The van der Waals surface area contributed by atoms with E-state index in [1.54, 1.807) is 12.1 Å². The highest BCUT2D eigenvalue weighted by molar-refractivity contribution is 5.99. The third-order valence-electron chi connectivity index (χ3n) is 5.78. The van der Waals surface area contributed by atoms with Gasteiger partial charge in [0, 0.05) is 12.1 Å². The summed E-state index contributed by atoms with van der Waals surface area (Å²) < 4.78 is 5.72. The number of amides is 2. The van der Waals surface area contributed by atoms with Crippen molar-refractivity contribution in [3.63, 3.8) is 0 Å². The quantitative estimate of drug-likeness (QED) is 0.750. The summed E-state index contributed by atoms with van der Waals surface area (Å²) in [7, 11) is 0. The van der Waals surface area contributed by atoms with Crippen molar-refractivity contribution in [1.82, 2.24) is 5.32 Å². The molecule has 0 radical (unpaired) electrons. The van der Waals surface area contributed by atoms with Gasteiger partial charge in [-0.15, -0.1) is 12.4 Å². The first kappa shape index (κ1) is 19.0. The molecule has 4 N–H and O–H groups in total. The molecule has 2 bridgehead atoms. The van der Waals surface area contributed by atoms with Gasteiger partial charge in [-0.3, -0.25) is 9.59 Å². The van der Waals surface area contributed by atoms with Crippen molar-refractivity contribution in [2.45, 2.75) is 56.7 Å². The predicted molar refractivity (Wildman–Crippen MR) is 101 cm³/mol. The Labute approximate surface area is 159 Å². The van der Waals surface area contributed by atoms with Crippen molar-refractivity contribution < 1.29 is 14.3 Å². The molecule has 26 heavy (non-hydrogen) atoms. The molecule has 7 heteroatoms. The summed E-state index contributed by atoms with van der Waals surface area (Å²) in [6, 6.07) is 7.72. The van der Waals surface area contributed by atoms with Gasteiger partial charge in [-0.25, -0.2) is 0 Å². The van der Waals surface area contributed by atoms with E-state index in [1.807, 2.05) is 12.1 Å². The van der Waals surface area contributed by atoms with Crippen molar-refractivity contribution >= 4 is 29.9 Å². The summed E-state index contributed by atoms with van der Waals surface area (Å²) in [5, 5.41) is 5.98. The molecule has 1 heterocycles. The first-order chi connectivity index (χ1) is 12.1. The second kappa shape index (κ2) is 7.84. The standard InChI is InChI=1S/C19H25N3O3.ClH/c20-13-8-11-4-3-5-12(9-13)18(11)22-17(23)10-16-19(24)21-14-6-1-2-7-15(14)25-16;/h1-2,6-7,11-13,16,18H,3-5,8-10,20H2,(H,21,24)(H,22,23);1H. The van der Waals surface area contributed by atoms with Gasteiger partial charge in [0.2, 0.25) is 5.91 Å². The molecule has 0 aromatic heterocycles. The topological polar surface area (TPSA) is 93.4 Å². The molecule has 1 aromatic carbocycles. The molecule has 2 saturated carbocycles. The fourth-order valence-corrected chi connectivity index (χ4v) is 4.67. The maximum atomic E-state index is 12.5. The molecule has 0 spiro atoms. The number of benzene rings is 1. The number of carbonyl (C=O) groups excluding carboxylic acids is 2. The van der Waals surface area contributed by atoms with E-state index >= 15 is 0 Å². The summed E-state index contributed by atoms with van der Waals surface area (Å²) in [5.41, 5.74) is 6.80. The number of anilines is 1. The summed E-state index contributed by atoms with van der Waals surface area (Å²) in [4.78, 5) is 24.7. The lowest BCUT2D eigenvalue weighted by Gasteiger charge is -2.45. The van der Waals surface area contributed by atoms with Crippen LogP contribution in [0.25, 0.3) is 0 Å². The number of ether oxygens (including phenoxy) is 1. The van der Waals surface area contributed by atoms with E-state index in [0.29, 0.717) is 23.3 Å². The second-order valence-corrected chi connectivity index (χ2v) is 7.57. The first-order valence-corrected chi connectivity index (χ1v) is 9.21. The molecule has 2 amide bonds. The van der Waals surface area contributed by atoms with Crippen molar-refractivity contribution in [2.75, 3.05) is 5.32 Å². The van der Waals surface area contributed by atoms with Crippen LogP contribution in [-0.4, -0.2) is 30.0 Å². The Morgan fingerprint density at radius 1 is 1.23 bits per heavy atom. The lowest BCUT2D eigenvalue weighted by Crippen LogP contribution is -2.54. The Kier molecular flexibility index (Phi) is 5.73. The molecule has 4 rings (SSSR count). The second-order valence-electron chi connectivity index (χ2n) is 7.57. The summed E-state index contributed by atoms with van der Waals surface area (Å²) >= 11 is 0. The van der Waals surface area contributed by atoms with E-state index in [1.165, 1.54) is 6.42 Å². The number of nitrogens with two attached hydrogens (primary N) is 1. The largest absolute Gasteiger partial charge is 0.478 e. The van der Waals surface area contributed by atoms with Gasteiger partial charge in [0.05, 0.1) is 12.1 Å². The molecule has 0 saturated heterocycles. The fraction of sp³-hybridized carbons (Fsp3) is 0.579. The van der Waals surface area contributed by atoms with Crippen LogP contribution in [-0.2, 0) is 9.59 Å². The monoisotopic (exact) mass is 379 g/mol. The minimum atomic E-state index is -0.777. The number of fused-ring (bicyclic) bond motifs is 3. The number of carbonyl (C=O) groups is 2. The molecule has 3 aliphatic rings. The molecular weight excluding hydrogens is 354 g/mol. The van der Waals surface area contributed by atoms with E-state index in [9.17, 15) is 9.59 Å². The van der Waals surface area contributed by atoms with Crippen molar-refractivity contribution in [3.05, 3.63) is 24.3 Å². The van der Waals surface area contributed by atoms with Crippen LogP contribution in [0.5, 0.6) is 5.75 Å². The molecule has 3 unspecified atom stereocenters. The van der Waals surface area contributed by atoms with E-state index < -0.39 is 6.10 Å². The van der Waals surface area contributed by atoms with Crippen LogP contribution in [0.1, 0.15) is 38.5 Å². The third kappa shape index (κ3) is 3.81. The first-order valence-electron chi connectivity index (χ1n) is 9.21. The van der Waals surface area contributed by atoms with Crippen LogP contribution in [0.4, 0.5) is 5.69 Å². The highest BCUT2D eigenvalue weighted by atomic mass is 35.5. The van der Waals surface area contributed by atoms with Gasteiger partial charge >= 0.3 is 0 Å². The van der Waals surface area contributed by atoms with Gasteiger partial charge < -0.3 is 21.1 Å². The molecule has 1 aliphatic heterocycles. The lowest BCUT2D eigenvalue weighted by atomic mass is 9.67. The van der Waals surface area contributed by atoms with Crippen LogP contribution in [0, 0.1) is 11.8 Å². The molecular formula is C19H26ClN3O3. The third-order valence-corrected chi connectivity index (χ3v) is 5.78. The Morgan fingerprint density at radius 2 is 1.92 bits per heavy atom. The van der Waals surface area contributed by atoms with Crippen LogP contribution in [0.2, 0.25) is 0 Å². The summed E-state index contributed by atoms with van der Waals surface area (Å²) in [5.74, 6) is 1.17. The Morgan fingerprint density at radius 3 is 2.65 bits per heavy atom. The Bertz CT molecular complexity index is 670. The normalized spacial score (nSPS) is 32.3. The van der Waals surface area contributed by atoms with Crippen LogP contribution >= 0.6 is 12.4 Å². The minimum absolute atomic E-state index is 0. The number of hydrogen-bond acceptors (Lipinski definition) is 4. The Hall–Kier alpha value is -1.79. The minimum Gasteiger partial charge on any atom is -0.478 e. The molecule has 6 nitrogen and oxygen atoms in total. The highest BCUT2D eigenvalue weighted by Crippen LogP contribution is 2.39. The van der Waals surface area contributed by atoms with E-state index in [-0.39, 0.29) is 42.7 Å². The number of halogens is 1. The average Bonchev–Trinajstić information content (AvgIpc) is 2.56. The van der Waals surface area contributed by atoms with Crippen molar-refractivity contribution in [1.29, 1.82) is 0 Å². The molecule has 142 valence electrons. The molecule has 2 aliphatic carbocycles. The maximum Gasteiger partial charge on any atom is 0.266 e. The summed E-state index contributed by atoms with van der Waals surface area (Å²) in [6.07, 6.45) is 4.71. The van der Waals surface area contributed by atoms with E-state index in [0.717, 1.165) is 25.7 Å². The zero-order valence-corrected chi connectivity index (χ0v) is 15.5. The number of rotatable bonds is 3. The van der Waals surface area contributed by atoms with Crippen molar-refractivity contribution in [2.24, 2.45) is 17.6 Å². The lowest BCUT2D eigenvalue weighted by molar-refractivity contribution is -0.131. The smallest absolute Gasteiger partial charge is 0.266 e. The van der Waals surface area contributed by atoms with E-state index in [2.05, 4.69) is 10.6 Å². The van der Waals surface area contributed by atoms with Crippen LogP contribution in [0.3, 0.4) is 0 Å². The summed E-state index contributed by atoms with van der Waals surface area (Å²) in [6.45, 7) is 0. The highest BCUT2D eigenvalue weighted by Gasteiger charge is 2.40. The van der Waals surface area contributed by atoms with E-state index in [4.69, 9.17) is 10.5 Å². The predicted octanol–water partition coefficient (Wildman–Crippen LogP) is 2.22. The zero-order valence-electron chi connectivity index (χ0n) is 14.6. The number of nitrogens with one attached hydrogen (secondary N) is 2. The van der Waals surface area contributed by atoms with Gasteiger partial charge in [-0.05, 0) is 49.7 Å². The SMILES string of the molecule is Cl.NC1CC2CCCC(C1)C2NC(=O)CC1Oc2ccccc2NC1=O. The van der Waals surface area contributed by atoms with Gasteiger partial charge in [0.15, 0.2) is 6.10 Å². The maximum absolute atomic E-state index is 12.5. The van der Waals surface area contributed by atoms with Crippen LogP contribution < -0.4 is 21.1 Å². The number of para-hydroxylation sites is 2. The molecule has 2 fully saturated rings. The number of hydrogen-bond donors (Lipinski definition) is 3. The zero-order chi connectivity index (χ0) is 17.4. The van der Waals surface area contributed by atoms with Gasteiger partial charge in [-0.1, -0.05) is 18.6 Å². The van der Waals surface area contributed by atoms with Crippen molar-refractivity contribution in [3.8, 4) is 5.75 Å². The molecule has 1 aromatic rings. The van der Waals surface area contributed by atoms with Gasteiger partial charge in [0.1, 0.15) is 5.75 Å². The fourth-order valence-electron chi connectivity index (χ4n) is 4.67. The van der Waals surface area contributed by atoms with Crippen LogP contribution in [0.15, 0.2) is 24.3 Å². The van der Waals surface area contributed by atoms with Gasteiger partial charge in [-0.2, -0.15) is 0 Å².